The van der Waals surface area contributed by atoms with Gasteiger partial charge in [0.25, 0.3) is 5.91 Å². The van der Waals surface area contributed by atoms with Crippen LogP contribution in [0.5, 0.6) is 5.75 Å². The highest BCUT2D eigenvalue weighted by Gasteiger charge is 2.21. The van der Waals surface area contributed by atoms with Crippen molar-refractivity contribution in [1.29, 1.82) is 0 Å². The van der Waals surface area contributed by atoms with E-state index in [0.29, 0.717) is 18.1 Å². The second kappa shape index (κ2) is 12.9. The van der Waals surface area contributed by atoms with Gasteiger partial charge in [-0.15, -0.1) is 0 Å². The molecule has 2 fully saturated rings. The number of hydrogen-bond acceptors (Lipinski definition) is 7. The van der Waals surface area contributed by atoms with Crippen LogP contribution in [0, 0.1) is 5.92 Å². The number of ether oxygens (including phenoxy) is 2. The number of benzene rings is 2. The predicted octanol–water partition coefficient (Wildman–Crippen LogP) is 5.80. The highest BCUT2D eigenvalue weighted by Crippen LogP contribution is 2.35. The SMILES string of the molecule is CNC(=O)c1ccccc1Sc1ccc2c(/C=C/c3ccc(OCC4CCNC4)cn3)nn(C3CCCCO3)c2c1. The minimum atomic E-state index is -0.101. The lowest BCUT2D eigenvalue weighted by molar-refractivity contribution is -0.0367. The Balaban J connectivity index is 1.25. The summed E-state index contributed by atoms with van der Waals surface area (Å²) in [5.74, 6) is 1.26. The number of aromatic nitrogens is 3. The van der Waals surface area contributed by atoms with Crippen LogP contribution in [0.1, 0.15) is 53.7 Å². The largest absolute Gasteiger partial charge is 0.492 e. The zero-order valence-electron chi connectivity index (χ0n) is 23.2. The van der Waals surface area contributed by atoms with Crippen LogP contribution in [-0.2, 0) is 4.74 Å². The Morgan fingerprint density at radius 1 is 1.17 bits per heavy atom. The molecule has 2 aromatic carbocycles. The van der Waals surface area contributed by atoms with Gasteiger partial charge in [-0.3, -0.25) is 9.78 Å². The predicted molar refractivity (Wildman–Crippen MR) is 162 cm³/mol. The van der Waals surface area contributed by atoms with Crippen LogP contribution >= 0.6 is 11.8 Å². The average molecular weight is 570 g/mol. The molecule has 4 heterocycles. The molecule has 0 bridgehead atoms. The minimum Gasteiger partial charge on any atom is -0.492 e. The first-order valence-electron chi connectivity index (χ1n) is 14.3. The molecular weight excluding hydrogens is 534 g/mol. The van der Waals surface area contributed by atoms with Crippen molar-refractivity contribution in [2.75, 3.05) is 33.4 Å². The van der Waals surface area contributed by atoms with Gasteiger partial charge in [0, 0.05) is 41.3 Å². The summed E-state index contributed by atoms with van der Waals surface area (Å²) in [7, 11) is 1.65. The van der Waals surface area contributed by atoms with Crippen LogP contribution in [0.15, 0.2) is 70.6 Å². The summed E-state index contributed by atoms with van der Waals surface area (Å²) >= 11 is 1.57. The molecule has 0 radical (unpaired) electrons. The van der Waals surface area contributed by atoms with Gasteiger partial charge in [-0.05, 0) is 86.8 Å². The molecule has 4 aromatic rings. The van der Waals surface area contributed by atoms with Crippen LogP contribution in [0.3, 0.4) is 0 Å². The van der Waals surface area contributed by atoms with Gasteiger partial charge in [-0.25, -0.2) is 4.68 Å². The number of rotatable bonds is 9. The van der Waals surface area contributed by atoms with Gasteiger partial charge in [-0.1, -0.05) is 23.9 Å². The Bertz CT molecular complexity index is 1520. The van der Waals surface area contributed by atoms with E-state index in [1.54, 1.807) is 25.0 Å². The summed E-state index contributed by atoms with van der Waals surface area (Å²) in [6, 6.07) is 18.0. The van der Waals surface area contributed by atoms with E-state index in [9.17, 15) is 4.79 Å². The molecule has 2 saturated heterocycles. The Hall–Kier alpha value is -3.66. The summed E-state index contributed by atoms with van der Waals surface area (Å²) in [6.07, 6.45) is 9.96. The van der Waals surface area contributed by atoms with Gasteiger partial charge in [0.15, 0.2) is 6.23 Å². The average Bonchev–Trinajstić information content (AvgIpc) is 3.68. The number of nitrogens with one attached hydrogen (secondary N) is 2. The lowest BCUT2D eigenvalue weighted by atomic mass is 10.1. The van der Waals surface area contributed by atoms with E-state index in [-0.39, 0.29) is 12.1 Å². The highest BCUT2D eigenvalue weighted by atomic mass is 32.2. The maximum atomic E-state index is 12.4. The number of amides is 1. The van der Waals surface area contributed by atoms with Crippen molar-refractivity contribution in [1.82, 2.24) is 25.4 Å². The van der Waals surface area contributed by atoms with Crippen molar-refractivity contribution in [3.05, 3.63) is 77.7 Å². The fourth-order valence-corrected chi connectivity index (χ4v) is 6.26. The standard InChI is InChI=1S/C32H35N5O3S/c1-33-32(38)27-6-2-3-7-30(27)41-25-12-13-26-28(36-37(29(26)18-25)31-8-4-5-17-39-31)14-10-23-9-11-24(20-35-23)40-21-22-15-16-34-19-22/h2-3,6-7,9-14,18,20,22,31,34H,4-5,8,15-17,19,21H2,1H3,(H,33,38)/b14-10+. The molecule has 2 unspecified atom stereocenters. The topological polar surface area (TPSA) is 90.3 Å². The molecule has 1 amide bonds. The Morgan fingerprint density at radius 2 is 2.10 bits per heavy atom. The zero-order valence-corrected chi connectivity index (χ0v) is 24.0. The molecule has 2 aromatic heterocycles. The van der Waals surface area contributed by atoms with Crippen LogP contribution in [0.25, 0.3) is 23.1 Å². The fourth-order valence-electron chi connectivity index (χ4n) is 5.28. The molecule has 2 aliphatic rings. The first-order valence-corrected chi connectivity index (χ1v) is 15.1. The van der Waals surface area contributed by atoms with Gasteiger partial charge in [-0.2, -0.15) is 5.10 Å². The number of hydrogen-bond donors (Lipinski definition) is 2. The molecule has 0 saturated carbocycles. The van der Waals surface area contributed by atoms with Crippen molar-refractivity contribution in [2.45, 2.75) is 41.7 Å². The van der Waals surface area contributed by atoms with E-state index < -0.39 is 0 Å². The van der Waals surface area contributed by atoms with Crippen molar-refractivity contribution in [2.24, 2.45) is 5.92 Å². The van der Waals surface area contributed by atoms with E-state index in [4.69, 9.17) is 14.6 Å². The third kappa shape index (κ3) is 6.48. The third-order valence-corrected chi connectivity index (χ3v) is 8.61. The highest BCUT2D eigenvalue weighted by molar-refractivity contribution is 7.99. The van der Waals surface area contributed by atoms with E-state index in [1.807, 2.05) is 53.2 Å². The Morgan fingerprint density at radius 3 is 2.88 bits per heavy atom. The van der Waals surface area contributed by atoms with Crippen LogP contribution in [0.4, 0.5) is 0 Å². The lowest BCUT2D eigenvalue weighted by Gasteiger charge is -2.23. The monoisotopic (exact) mass is 569 g/mol. The summed E-state index contributed by atoms with van der Waals surface area (Å²) in [6.45, 7) is 3.54. The van der Waals surface area contributed by atoms with E-state index in [2.05, 4.69) is 33.8 Å². The maximum Gasteiger partial charge on any atom is 0.252 e. The molecule has 2 N–H and O–H groups in total. The first kappa shape index (κ1) is 27.5. The van der Waals surface area contributed by atoms with E-state index in [0.717, 1.165) is 83.2 Å². The van der Waals surface area contributed by atoms with Gasteiger partial charge in [0.2, 0.25) is 0 Å². The maximum absolute atomic E-state index is 12.4. The lowest BCUT2D eigenvalue weighted by Crippen LogP contribution is -2.19. The second-order valence-electron chi connectivity index (χ2n) is 10.4. The molecule has 2 aliphatic heterocycles. The molecule has 2 atom stereocenters. The number of carbonyl (C=O) groups is 1. The summed E-state index contributed by atoms with van der Waals surface area (Å²) < 4.78 is 14.1. The fraction of sp³-hybridized carbons (Fsp3) is 0.344. The van der Waals surface area contributed by atoms with E-state index in [1.165, 1.54) is 0 Å². The minimum absolute atomic E-state index is 0.0958. The molecule has 212 valence electrons. The van der Waals surface area contributed by atoms with Crippen molar-refractivity contribution in [3.63, 3.8) is 0 Å². The molecular formula is C32H35N5O3S. The molecule has 9 heteroatoms. The van der Waals surface area contributed by atoms with Gasteiger partial charge in [0.1, 0.15) is 5.75 Å². The smallest absolute Gasteiger partial charge is 0.252 e. The molecule has 0 aliphatic carbocycles. The van der Waals surface area contributed by atoms with Crippen LogP contribution < -0.4 is 15.4 Å². The van der Waals surface area contributed by atoms with Crippen molar-refractivity contribution in [3.8, 4) is 5.75 Å². The Labute approximate surface area is 244 Å². The summed E-state index contributed by atoms with van der Waals surface area (Å²) in [4.78, 5) is 18.9. The van der Waals surface area contributed by atoms with Gasteiger partial charge >= 0.3 is 0 Å². The van der Waals surface area contributed by atoms with E-state index >= 15 is 0 Å². The Kier molecular flexibility index (Phi) is 8.65. The molecule has 8 nitrogen and oxygen atoms in total. The van der Waals surface area contributed by atoms with Gasteiger partial charge in [0.05, 0.1) is 35.3 Å². The summed E-state index contributed by atoms with van der Waals surface area (Å²) in [5.41, 5.74) is 3.38. The van der Waals surface area contributed by atoms with Crippen LogP contribution in [-0.4, -0.2) is 54.0 Å². The number of pyridine rings is 1. The number of carbonyl (C=O) groups excluding carboxylic acids is 1. The quantitative estimate of drug-likeness (QED) is 0.263. The van der Waals surface area contributed by atoms with Crippen molar-refractivity contribution >= 4 is 40.7 Å². The number of nitrogens with zero attached hydrogens (tertiary/aromatic N) is 3. The first-order chi connectivity index (χ1) is 20.2. The summed E-state index contributed by atoms with van der Waals surface area (Å²) in [5, 5.41) is 12.2. The number of fused-ring (bicyclic) bond motifs is 1. The zero-order chi connectivity index (χ0) is 28.0. The third-order valence-electron chi connectivity index (χ3n) is 7.54. The van der Waals surface area contributed by atoms with Crippen LogP contribution in [0.2, 0.25) is 0 Å². The molecule has 0 spiro atoms. The second-order valence-corrected chi connectivity index (χ2v) is 11.5. The van der Waals surface area contributed by atoms with Gasteiger partial charge < -0.3 is 20.1 Å². The normalized spacial score (nSPS) is 19.1. The molecule has 6 rings (SSSR count). The molecule has 41 heavy (non-hydrogen) atoms. The van der Waals surface area contributed by atoms with Crippen molar-refractivity contribution < 1.29 is 14.3 Å².